The first kappa shape index (κ1) is 19.7. The highest BCUT2D eigenvalue weighted by Crippen LogP contribution is 2.24. The second-order valence-electron chi connectivity index (χ2n) is 5.88. The molecule has 1 heterocycles. The average molecular weight is 421 g/mol. The number of benzene rings is 2. The number of hydrogen-bond acceptors (Lipinski definition) is 4. The third-order valence-corrected chi connectivity index (χ3v) is 5.66. The smallest absolute Gasteiger partial charge is 0.221 e. The van der Waals surface area contributed by atoms with Crippen LogP contribution in [0.15, 0.2) is 53.9 Å². The number of nitrogens with zero attached hydrogens (tertiary/aromatic N) is 3. The maximum Gasteiger partial charge on any atom is 0.221 e. The summed E-state index contributed by atoms with van der Waals surface area (Å²) in [7, 11) is 0. The lowest BCUT2D eigenvalue weighted by Crippen LogP contribution is -2.23. The summed E-state index contributed by atoms with van der Waals surface area (Å²) in [6.45, 7) is 2.37. The predicted molar refractivity (Wildman–Crippen MR) is 110 cm³/mol. The zero-order valence-corrected chi connectivity index (χ0v) is 17.0. The molecule has 1 N–H and O–H groups in total. The highest BCUT2D eigenvalue weighted by atomic mass is 35.5. The highest BCUT2D eigenvalue weighted by molar-refractivity contribution is 7.99. The molecule has 3 rings (SSSR count). The summed E-state index contributed by atoms with van der Waals surface area (Å²) in [5.41, 5.74) is 2.80. The molecule has 3 aromatic rings. The number of thioether (sulfide) groups is 1. The summed E-state index contributed by atoms with van der Waals surface area (Å²) in [5.74, 6) is 0.555. The Morgan fingerprint density at radius 2 is 2.00 bits per heavy atom. The zero-order chi connectivity index (χ0) is 19.2. The number of aryl methyl sites for hydroxylation is 1. The van der Waals surface area contributed by atoms with Crippen LogP contribution in [0.3, 0.4) is 0 Å². The van der Waals surface area contributed by atoms with Crippen molar-refractivity contribution in [3.8, 4) is 5.69 Å². The molecule has 0 atom stereocenters. The molecule has 8 heteroatoms. The van der Waals surface area contributed by atoms with Crippen LogP contribution in [0.2, 0.25) is 10.0 Å². The number of hydrogen-bond donors (Lipinski definition) is 1. The number of nitrogens with one attached hydrogen (secondary N) is 1. The normalized spacial score (nSPS) is 10.8. The van der Waals surface area contributed by atoms with Gasteiger partial charge in [0, 0.05) is 28.8 Å². The van der Waals surface area contributed by atoms with E-state index in [0.717, 1.165) is 16.8 Å². The summed E-state index contributed by atoms with van der Waals surface area (Å²) in [5, 5.41) is 13.0. The van der Waals surface area contributed by atoms with Crippen molar-refractivity contribution >= 4 is 40.9 Å². The lowest BCUT2D eigenvalue weighted by Gasteiger charge is -2.08. The Labute approximate surface area is 172 Å². The molecular weight excluding hydrogens is 403 g/mol. The van der Waals surface area contributed by atoms with Gasteiger partial charge in [0.2, 0.25) is 5.91 Å². The Bertz CT molecular complexity index is 945. The van der Waals surface area contributed by atoms with Gasteiger partial charge in [-0.3, -0.25) is 9.36 Å². The van der Waals surface area contributed by atoms with E-state index < -0.39 is 0 Å². The first-order chi connectivity index (χ1) is 13.0. The van der Waals surface area contributed by atoms with Gasteiger partial charge in [-0.15, -0.1) is 10.2 Å². The van der Waals surface area contributed by atoms with Crippen molar-refractivity contribution in [2.45, 2.75) is 25.0 Å². The number of carbonyl (C=O) groups excluding carboxylic acids is 1. The van der Waals surface area contributed by atoms with E-state index >= 15 is 0 Å². The van der Waals surface area contributed by atoms with E-state index in [2.05, 4.69) is 15.5 Å². The molecule has 0 saturated heterocycles. The SMILES string of the molecule is Cc1ccc(-n2cnnc2SCCC(=O)NCc2ccccc2Cl)cc1Cl. The third kappa shape index (κ3) is 5.25. The fourth-order valence-electron chi connectivity index (χ4n) is 2.39. The Balaban J connectivity index is 1.52. The van der Waals surface area contributed by atoms with Gasteiger partial charge in [-0.2, -0.15) is 0 Å². The Morgan fingerprint density at radius 3 is 2.78 bits per heavy atom. The fraction of sp³-hybridized carbons (Fsp3) is 0.211. The average Bonchev–Trinajstić information content (AvgIpc) is 3.12. The van der Waals surface area contributed by atoms with Crippen molar-refractivity contribution in [1.29, 1.82) is 0 Å². The summed E-state index contributed by atoms with van der Waals surface area (Å²) in [6.07, 6.45) is 2.01. The second-order valence-corrected chi connectivity index (χ2v) is 7.76. The predicted octanol–water partition coefficient (Wildman–Crippen LogP) is 4.68. The Hall–Kier alpha value is -2.02. The van der Waals surface area contributed by atoms with Crippen molar-refractivity contribution in [2.75, 3.05) is 5.75 Å². The lowest BCUT2D eigenvalue weighted by atomic mass is 10.2. The summed E-state index contributed by atoms with van der Waals surface area (Å²) >= 11 is 13.8. The molecule has 0 fully saturated rings. The molecule has 2 aromatic carbocycles. The molecule has 0 aliphatic heterocycles. The molecule has 0 bridgehead atoms. The molecule has 0 spiro atoms. The van der Waals surface area contributed by atoms with Gasteiger partial charge < -0.3 is 5.32 Å². The molecule has 0 saturated carbocycles. The van der Waals surface area contributed by atoms with Crippen molar-refractivity contribution in [1.82, 2.24) is 20.1 Å². The molecule has 1 aromatic heterocycles. The van der Waals surface area contributed by atoms with E-state index in [1.807, 2.05) is 54.0 Å². The minimum Gasteiger partial charge on any atom is -0.352 e. The minimum absolute atomic E-state index is 0.0353. The van der Waals surface area contributed by atoms with Crippen LogP contribution in [0.1, 0.15) is 17.5 Å². The number of halogens is 2. The van der Waals surface area contributed by atoms with Crippen LogP contribution < -0.4 is 5.32 Å². The summed E-state index contributed by atoms with van der Waals surface area (Å²) in [6, 6.07) is 13.3. The van der Waals surface area contributed by atoms with Gasteiger partial charge in [-0.25, -0.2) is 0 Å². The van der Waals surface area contributed by atoms with Crippen LogP contribution in [0.25, 0.3) is 5.69 Å². The van der Waals surface area contributed by atoms with Crippen molar-refractivity contribution in [3.05, 3.63) is 70.0 Å². The largest absolute Gasteiger partial charge is 0.352 e. The third-order valence-electron chi connectivity index (χ3n) is 3.94. The number of carbonyl (C=O) groups is 1. The summed E-state index contributed by atoms with van der Waals surface area (Å²) < 4.78 is 1.86. The van der Waals surface area contributed by atoms with Crippen LogP contribution in [-0.4, -0.2) is 26.4 Å². The maximum atomic E-state index is 12.1. The van der Waals surface area contributed by atoms with Crippen molar-refractivity contribution in [2.24, 2.45) is 0 Å². The molecule has 0 aliphatic rings. The fourth-order valence-corrected chi connectivity index (χ4v) is 3.63. The second kappa shape index (κ2) is 9.26. The van der Waals surface area contributed by atoms with Gasteiger partial charge >= 0.3 is 0 Å². The maximum absolute atomic E-state index is 12.1. The monoisotopic (exact) mass is 420 g/mol. The molecule has 5 nitrogen and oxygen atoms in total. The van der Waals surface area contributed by atoms with Gasteiger partial charge in [0.25, 0.3) is 0 Å². The first-order valence-electron chi connectivity index (χ1n) is 8.34. The van der Waals surface area contributed by atoms with Gasteiger partial charge in [0.05, 0.1) is 5.69 Å². The van der Waals surface area contributed by atoms with E-state index in [0.29, 0.717) is 33.9 Å². The lowest BCUT2D eigenvalue weighted by molar-refractivity contribution is -0.120. The van der Waals surface area contributed by atoms with E-state index in [1.165, 1.54) is 11.8 Å². The van der Waals surface area contributed by atoms with E-state index in [9.17, 15) is 4.79 Å². The van der Waals surface area contributed by atoms with E-state index in [1.54, 1.807) is 6.33 Å². The molecule has 27 heavy (non-hydrogen) atoms. The summed E-state index contributed by atoms with van der Waals surface area (Å²) in [4.78, 5) is 12.1. The van der Waals surface area contributed by atoms with Crippen LogP contribution in [0.5, 0.6) is 0 Å². The first-order valence-corrected chi connectivity index (χ1v) is 10.1. The molecule has 0 radical (unpaired) electrons. The highest BCUT2D eigenvalue weighted by Gasteiger charge is 2.10. The zero-order valence-electron chi connectivity index (χ0n) is 14.7. The van der Waals surface area contributed by atoms with Crippen LogP contribution in [0, 0.1) is 6.92 Å². The van der Waals surface area contributed by atoms with E-state index in [4.69, 9.17) is 23.2 Å². The van der Waals surface area contributed by atoms with Gasteiger partial charge in [-0.1, -0.05) is 59.2 Å². The van der Waals surface area contributed by atoms with Gasteiger partial charge in [0.15, 0.2) is 5.16 Å². The number of aromatic nitrogens is 3. The molecule has 1 amide bonds. The van der Waals surface area contributed by atoms with Crippen molar-refractivity contribution in [3.63, 3.8) is 0 Å². The number of amides is 1. The molecule has 140 valence electrons. The Morgan fingerprint density at radius 1 is 1.19 bits per heavy atom. The minimum atomic E-state index is -0.0353. The van der Waals surface area contributed by atoms with Crippen LogP contribution >= 0.6 is 35.0 Å². The Kier molecular flexibility index (Phi) is 6.77. The number of rotatable bonds is 7. The van der Waals surface area contributed by atoms with Gasteiger partial charge in [0.1, 0.15) is 6.33 Å². The van der Waals surface area contributed by atoms with E-state index in [-0.39, 0.29) is 5.91 Å². The molecular formula is C19H18Cl2N4OS. The quantitative estimate of drug-likeness (QED) is 0.563. The van der Waals surface area contributed by atoms with Crippen molar-refractivity contribution < 1.29 is 4.79 Å². The standard InChI is InChI=1S/C19H18Cl2N4OS/c1-13-6-7-15(10-17(13)21)25-12-23-24-19(25)27-9-8-18(26)22-11-14-4-2-3-5-16(14)20/h2-7,10,12H,8-9,11H2,1H3,(H,22,26). The van der Waals surface area contributed by atoms with Crippen LogP contribution in [0.4, 0.5) is 0 Å². The molecule has 0 unspecified atom stereocenters. The van der Waals surface area contributed by atoms with Gasteiger partial charge in [-0.05, 0) is 36.2 Å². The van der Waals surface area contributed by atoms with Crippen LogP contribution in [-0.2, 0) is 11.3 Å². The topological polar surface area (TPSA) is 59.8 Å². The molecule has 0 aliphatic carbocycles.